The van der Waals surface area contributed by atoms with Crippen molar-refractivity contribution in [2.24, 2.45) is 0 Å². The van der Waals surface area contributed by atoms with Gasteiger partial charge >= 0.3 is 5.97 Å². The van der Waals surface area contributed by atoms with Crippen LogP contribution in [-0.2, 0) is 27.3 Å². The van der Waals surface area contributed by atoms with Crippen LogP contribution in [0.4, 0.5) is 0 Å². The van der Waals surface area contributed by atoms with E-state index in [0.717, 1.165) is 23.3 Å². The van der Waals surface area contributed by atoms with Gasteiger partial charge in [0.2, 0.25) is 0 Å². The maximum absolute atomic E-state index is 12.3. The molecule has 0 fully saturated rings. The first-order valence-electron chi connectivity index (χ1n) is 8.49. The Balaban J connectivity index is 1.48. The highest BCUT2D eigenvalue weighted by Crippen LogP contribution is 2.18. The van der Waals surface area contributed by atoms with Crippen molar-refractivity contribution in [1.82, 2.24) is 4.90 Å². The summed E-state index contributed by atoms with van der Waals surface area (Å²) in [6.45, 7) is 0.970. The summed E-state index contributed by atoms with van der Waals surface area (Å²) < 4.78 is 10.2. The number of hydrogen-bond acceptors (Lipinski definition) is 4. The molecule has 2 aromatic rings. The van der Waals surface area contributed by atoms with E-state index < -0.39 is 5.97 Å². The van der Waals surface area contributed by atoms with Gasteiger partial charge < -0.3 is 14.4 Å². The van der Waals surface area contributed by atoms with Gasteiger partial charge in [0.05, 0.1) is 7.11 Å². The van der Waals surface area contributed by atoms with Crippen molar-refractivity contribution in [2.75, 3.05) is 20.3 Å². The number of methoxy groups -OCH3 is 1. The number of rotatable bonds is 5. The van der Waals surface area contributed by atoms with E-state index >= 15 is 0 Å². The van der Waals surface area contributed by atoms with Crippen LogP contribution in [0.25, 0.3) is 6.08 Å². The first kappa shape index (κ1) is 17.7. The van der Waals surface area contributed by atoms with E-state index in [-0.39, 0.29) is 12.5 Å². The fourth-order valence-electron chi connectivity index (χ4n) is 2.86. The molecule has 5 nitrogen and oxygen atoms in total. The predicted octanol–water partition coefficient (Wildman–Crippen LogP) is 2.84. The lowest BCUT2D eigenvalue weighted by molar-refractivity contribution is -0.148. The number of carbonyl (C=O) groups is 2. The van der Waals surface area contributed by atoms with Gasteiger partial charge in [-0.25, -0.2) is 4.79 Å². The third-order valence-corrected chi connectivity index (χ3v) is 4.35. The van der Waals surface area contributed by atoms with Crippen LogP contribution in [0.1, 0.15) is 16.7 Å². The lowest BCUT2D eigenvalue weighted by atomic mass is 10.00. The second-order valence-electron chi connectivity index (χ2n) is 6.05. The molecule has 0 atom stereocenters. The van der Waals surface area contributed by atoms with Crippen molar-refractivity contribution in [3.63, 3.8) is 0 Å². The minimum absolute atomic E-state index is 0.175. The van der Waals surface area contributed by atoms with Gasteiger partial charge in [-0.2, -0.15) is 0 Å². The molecule has 0 spiro atoms. The fraction of sp³-hybridized carbons (Fsp3) is 0.238. The van der Waals surface area contributed by atoms with E-state index in [1.54, 1.807) is 18.1 Å². The topological polar surface area (TPSA) is 55.8 Å². The van der Waals surface area contributed by atoms with Crippen LogP contribution in [0, 0.1) is 0 Å². The molecular formula is C21H21NO4. The number of hydrogen-bond donors (Lipinski definition) is 0. The molecule has 0 saturated heterocycles. The molecule has 5 heteroatoms. The van der Waals surface area contributed by atoms with Crippen LogP contribution in [0.5, 0.6) is 5.75 Å². The molecular weight excluding hydrogens is 330 g/mol. The van der Waals surface area contributed by atoms with Crippen molar-refractivity contribution in [1.29, 1.82) is 0 Å². The number of ether oxygens (including phenoxy) is 2. The normalized spacial score (nSPS) is 13.3. The monoisotopic (exact) mass is 351 g/mol. The van der Waals surface area contributed by atoms with Crippen LogP contribution >= 0.6 is 0 Å². The molecule has 0 bridgehead atoms. The second kappa shape index (κ2) is 8.34. The first-order valence-corrected chi connectivity index (χ1v) is 8.49. The van der Waals surface area contributed by atoms with E-state index in [9.17, 15) is 9.59 Å². The second-order valence-corrected chi connectivity index (χ2v) is 6.05. The summed E-state index contributed by atoms with van der Waals surface area (Å²) in [5.41, 5.74) is 3.27. The Morgan fingerprint density at radius 2 is 1.81 bits per heavy atom. The molecule has 1 amide bonds. The molecule has 26 heavy (non-hydrogen) atoms. The summed E-state index contributed by atoms with van der Waals surface area (Å²) in [4.78, 5) is 25.8. The van der Waals surface area contributed by atoms with E-state index in [0.29, 0.717) is 13.1 Å². The van der Waals surface area contributed by atoms with Crippen molar-refractivity contribution in [3.05, 3.63) is 71.3 Å². The van der Waals surface area contributed by atoms with Crippen LogP contribution in [0.2, 0.25) is 0 Å². The van der Waals surface area contributed by atoms with Gasteiger partial charge in [0, 0.05) is 19.2 Å². The molecule has 0 aliphatic carbocycles. The number of amides is 1. The van der Waals surface area contributed by atoms with Crippen LogP contribution in [-0.4, -0.2) is 37.0 Å². The Bertz CT molecular complexity index is 811. The summed E-state index contributed by atoms with van der Waals surface area (Å²) in [5, 5.41) is 0. The van der Waals surface area contributed by atoms with Gasteiger partial charge in [-0.05, 0) is 41.3 Å². The van der Waals surface area contributed by atoms with Gasteiger partial charge in [0.1, 0.15) is 5.75 Å². The average molecular weight is 351 g/mol. The van der Waals surface area contributed by atoms with Crippen molar-refractivity contribution in [2.45, 2.75) is 13.0 Å². The van der Waals surface area contributed by atoms with E-state index in [1.165, 1.54) is 11.6 Å². The summed E-state index contributed by atoms with van der Waals surface area (Å²) >= 11 is 0. The van der Waals surface area contributed by atoms with Gasteiger partial charge in [-0.15, -0.1) is 0 Å². The van der Waals surface area contributed by atoms with Gasteiger partial charge in [0.15, 0.2) is 6.61 Å². The number of esters is 1. The third kappa shape index (κ3) is 4.51. The summed E-state index contributed by atoms with van der Waals surface area (Å²) in [6.07, 6.45) is 3.79. The average Bonchev–Trinajstić information content (AvgIpc) is 2.70. The molecule has 0 radical (unpaired) electrons. The molecule has 0 unspecified atom stereocenters. The van der Waals surface area contributed by atoms with Gasteiger partial charge in [-0.3, -0.25) is 4.79 Å². The molecule has 3 rings (SSSR count). The molecule has 1 aliphatic heterocycles. The summed E-state index contributed by atoms with van der Waals surface area (Å²) in [6, 6.07) is 15.4. The first-order chi connectivity index (χ1) is 12.7. The Hall–Kier alpha value is -3.08. The number of carbonyl (C=O) groups excluding carboxylic acids is 2. The van der Waals surface area contributed by atoms with Crippen LogP contribution < -0.4 is 4.74 Å². The Morgan fingerprint density at radius 1 is 1.08 bits per heavy atom. The Labute approximate surface area is 152 Å². The molecule has 0 N–H and O–H groups in total. The van der Waals surface area contributed by atoms with Crippen LogP contribution in [0.15, 0.2) is 54.6 Å². The Morgan fingerprint density at radius 3 is 2.54 bits per heavy atom. The van der Waals surface area contributed by atoms with Crippen LogP contribution in [0.3, 0.4) is 0 Å². The molecule has 0 saturated carbocycles. The highest BCUT2D eigenvalue weighted by atomic mass is 16.5. The Kier molecular flexibility index (Phi) is 5.69. The van der Waals surface area contributed by atoms with Gasteiger partial charge in [0.25, 0.3) is 5.91 Å². The highest BCUT2D eigenvalue weighted by molar-refractivity contribution is 5.89. The molecule has 2 aromatic carbocycles. The van der Waals surface area contributed by atoms with Crippen molar-refractivity contribution >= 4 is 18.0 Å². The highest BCUT2D eigenvalue weighted by Gasteiger charge is 2.20. The minimum atomic E-state index is -0.536. The number of benzene rings is 2. The van der Waals surface area contributed by atoms with Crippen molar-refractivity contribution in [3.8, 4) is 5.75 Å². The number of nitrogens with zero attached hydrogens (tertiary/aromatic N) is 1. The molecule has 0 aromatic heterocycles. The maximum Gasteiger partial charge on any atom is 0.331 e. The lowest BCUT2D eigenvalue weighted by Gasteiger charge is -2.28. The minimum Gasteiger partial charge on any atom is -0.497 e. The molecule has 1 heterocycles. The number of fused-ring (bicyclic) bond motifs is 1. The van der Waals surface area contributed by atoms with Crippen molar-refractivity contribution < 1.29 is 19.1 Å². The molecule has 1 aliphatic rings. The van der Waals surface area contributed by atoms with Gasteiger partial charge in [-0.1, -0.05) is 36.4 Å². The fourth-order valence-corrected chi connectivity index (χ4v) is 2.86. The third-order valence-electron chi connectivity index (χ3n) is 4.35. The van der Waals surface area contributed by atoms with E-state index in [1.807, 2.05) is 42.5 Å². The largest absolute Gasteiger partial charge is 0.497 e. The molecule has 134 valence electrons. The van der Waals surface area contributed by atoms with E-state index in [4.69, 9.17) is 9.47 Å². The predicted molar refractivity (Wildman–Crippen MR) is 98.6 cm³/mol. The standard InChI is InChI=1S/C21H21NO4/c1-25-19-9-6-16(7-10-19)8-11-21(24)26-15-20(23)22-13-12-17-4-2-3-5-18(17)14-22/h2-11H,12-15H2,1H3/b11-8+. The quantitative estimate of drug-likeness (QED) is 0.614. The van der Waals surface area contributed by atoms with E-state index in [2.05, 4.69) is 6.07 Å². The SMILES string of the molecule is COc1ccc(/C=C/C(=O)OCC(=O)N2CCc3ccccc3C2)cc1. The summed E-state index contributed by atoms with van der Waals surface area (Å²) in [5.74, 6) is 0.0377. The lowest BCUT2D eigenvalue weighted by Crippen LogP contribution is -2.38. The zero-order chi connectivity index (χ0) is 18.4. The summed E-state index contributed by atoms with van der Waals surface area (Å²) in [7, 11) is 1.60. The zero-order valence-corrected chi connectivity index (χ0v) is 14.7. The maximum atomic E-state index is 12.3. The zero-order valence-electron chi connectivity index (χ0n) is 14.7. The smallest absolute Gasteiger partial charge is 0.331 e.